The van der Waals surface area contributed by atoms with Crippen LogP contribution in [0, 0.1) is 0 Å². The van der Waals surface area contributed by atoms with Crippen LogP contribution in [0.3, 0.4) is 0 Å². The van der Waals surface area contributed by atoms with E-state index in [9.17, 15) is 0 Å². The summed E-state index contributed by atoms with van der Waals surface area (Å²) in [5, 5.41) is 0. The van der Waals surface area contributed by atoms with Crippen LogP contribution in [0.4, 0.5) is 0 Å². The summed E-state index contributed by atoms with van der Waals surface area (Å²) in [5.74, 6) is 0. The van der Waals surface area contributed by atoms with Gasteiger partial charge >= 0.3 is 0 Å². The SMILES string of the molecule is [Au].[Co].[Fe].[Ir]. The molecule has 37 valence electrons. The van der Waals surface area contributed by atoms with Gasteiger partial charge in [-0.1, -0.05) is 0 Å². The fourth-order valence-electron chi connectivity index (χ4n) is 0. The fourth-order valence-corrected chi connectivity index (χ4v) is 0. The molecule has 0 aromatic carbocycles. The zero-order valence-corrected chi connectivity index (χ0v) is 8.03. The Morgan fingerprint density at radius 2 is 1.00 bits per heavy atom. The van der Waals surface area contributed by atoms with Crippen molar-refractivity contribution in [2.45, 2.75) is 0 Å². The van der Waals surface area contributed by atoms with Gasteiger partial charge in [0.1, 0.15) is 0 Å². The van der Waals surface area contributed by atoms with Crippen LogP contribution in [0.25, 0.3) is 0 Å². The molecule has 0 saturated heterocycles. The third kappa shape index (κ3) is 8.83. The summed E-state index contributed by atoms with van der Waals surface area (Å²) in [7, 11) is 0. The van der Waals surface area contributed by atoms with Gasteiger partial charge in [0.05, 0.1) is 0 Å². The Kier molecular flexibility index (Phi) is 146. The van der Waals surface area contributed by atoms with E-state index in [0.717, 1.165) is 0 Å². The Morgan fingerprint density at radius 1 is 1.00 bits per heavy atom. The Balaban J connectivity index is 0. The zero-order chi connectivity index (χ0) is 0. The first-order valence-electron chi connectivity index (χ1n) is 0. The van der Waals surface area contributed by atoms with Crippen LogP contribution in [-0.2, 0) is 76.3 Å². The van der Waals surface area contributed by atoms with Gasteiger partial charge in [-0.2, -0.15) is 0 Å². The molecule has 0 aliphatic carbocycles. The molecule has 0 aromatic heterocycles. The van der Waals surface area contributed by atoms with Crippen LogP contribution in [0.5, 0.6) is 0 Å². The second-order valence-electron chi connectivity index (χ2n) is 0. The van der Waals surface area contributed by atoms with Crippen molar-refractivity contribution in [1.29, 1.82) is 0 Å². The van der Waals surface area contributed by atoms with E-state index in [1.165, 1.54) is 0 Å². The summed E-state index contributed by atoms with van der Waals surface area (Å²) in [5.41, 5.74) is 0. The van der Waals surface area contributed by atoms with Gasteiger partial charge in [0.15, 0.2) is 0 Å². The maximum atomic E-state index is 0. The minimum Gasteiger partial charge on any atom is 0 e. The molecule has 0 N–H and O–H groups in total. The van der Waals surface area contributed by atoms with Crippen molar-refractivity contribution in [2.24, 2.45) is 0 Å². The predicted molar refractivity (Wildman–Crippen MR) is 0 cm³/mol. The van der Waals surface area contributed by atoms with E-state index in [1.807, 2.05) is 0 Å². The summed E-state index contributed by atoms with van der Waals surface area (Å²) in [6.07, 6.45) is 0. The standard InChI is InChI=1S/Au.Co.Fe.Ir. The average Bonchev–Trinajstić information content (AvgIpc) is 0. The molecule has 0 spiro atoms. The summed E-state index contributed by atoms with van der Waals surface area (Å²) in [6, 6.07) is 0. The summed E-state index contributed by atoms with van der Waals surface area (Å²) >= 11 is 0. The molecule has 0 aromatic rings. The van der Waals surface area contributed by atoms with E-state index in [4.69, 9.17) is 0 Å². The third-order valence-electron chi connectivity index (χ3n) is 0. The van der Waals surface area contributed by atoms with Crippen molar-refractivity contribution in [3.05, 3.63) is 0 Å². The van der Waals surface area contributed by atoms with E-state index in [2.05, 4.69) is 0 Å². The minimum atomic E-state index is 0. The molecule has 3 radical (unpaired) electrons. The van der Waals surface area contributed by atoms with Gasteiger partial charge in [-0.15, -0.1) is 0 Å². The van der Waals surface area contributed by atoms with Gasteiger partial charge in [0, 0.05) is 76.3 Å². The maximum Gasteiger partial charge on any atom is 0 e. The van der Waals surface area contributed by atoms with Crippen LogP contribution >= 0.6 is 0 Å². The molecule has 4 heteroatoms. The molecule has 4 heavy (non-hydrogen) atoms. The molecule has 0 aliphatic rings. The van der Waals surface area contributed by atoms with Crippen molar-refractivity contribution in [3.8, 4) is 0 Å². The zero-order valence-electron chi connectivity index (χ0n) is 1.32. The molecule has 0 aliphatic heterocycles. The molecule has 0 bridgehead atoms. The van der Waals surface area contributed by atoms with Gasteiger partial charge in [-0.25, -0.2) is 0 Å². The summed E-state index contributed by atoms with van der Waals surface area (Å²) < 4.78 is 0. The monoisotopic (exact) mass is 505 g/mol. The molecule has 0 heterocycles. The normalized spacial score (nSPS) is 0. The molecule has 0 nitrogen and oxygen atoms in total. The molecule has 0 unspecified atom stereocenters. The average molecular weight is 504 g/mol. The molecular formula is AuCoFeIr. The molecular weight excluding hydrogens is 504 g/mol. The largest absolute Gasteiger partial charge is 0 e. The van der Waals surface area contributed by atoms with Crippen LogP contribution in [0.15, 0.2) is 0 Å². The van der Waals surface area contributed by atoms with Gasteiger partial charge in [-0.05, 0) is 0 Å². The van der Waals surface area contributed by atoms with Crippen LogP contribution < -0.4 is 0 Å². The molecule has 0 fully saturated rings. The van der Waals surface area contributed by atoms with Crippen molar-refractivity contribution < 1.29 is 76.3 Å². The maximum absolute atomic E-state index is 0. The summed E-state index contributed by atoms with van der Waals surface area (Å²) in [6.45, 7) is 0. The molecule has 0 rings (SSSR count). The van der Waals surface area contributed by atoms with Crippen molar-refractivity contribution in [1.82, 2.24) is 0 Å². The van der Waals surface area contributed by atoms with Crippen LogP contribution in [0.1, 0.15) is 0 Å². The smallest absolute Gasteiger partial charge is 0 e. The second kappa shape index (κ2) is 18.1. The van der Waals surface area contributed by atoms with Crippen LogP contribution in [-0.4, -0.2) is 0 Å². The Labute approximate surface area is 75.4 Å². The molecule has 0 atom stereocenters. The topological polar surface area (TPSA) is 0 Å². The number of hydrogen-bond donors (Lipinski definition) is 0. The van der Waals surface area contributed by atoms with Crippen molar-refractivity contribution in [2.75, 3.05) is 0 Å². The van der Waals surface area contributed by atoms with E-state index < -0.39 is 0 Å². The minimum absolute atomic E-state index is 0. The van der Waals surface area contributed by atoms with E-state index >= 15 is 0 Å². The quantitative estimate of drug-likeness (QED) is 0.408. The number of rotatable bonds is 0. The third-order valence-corrected chi connectivity index (χ3v) is 0. The Hall–Kier alpha value is 2.42. The second-order valence-corrected chi connectivity index (χ2v) is 0. The van der Waals surface area contributed by atoms with Gasteiger partial charge in [0.25, 0.3) is 0 Å². The first kappa shape index (κ1) is 32.2. The predicted octanol–water partition coefficient (Wildman–Crippen LogP) is -0.0100. The van der Waals surface area contributed by atoms with Crippen molar-refractivity contribution in [3.63, 3.8) is 0 Å². The number of hydrogen-bond acceptors (Lipinski definition) is 0. The Morgan fingerprint density at radius 3 is 1.00 bits per heavy atom. The molecule has 0 saturated carbocycles. The van der Waals surface area contributed by atoms with Crippen molar-refractivity contribution >= 4 is 0 Å². The Bertz CT molecular complexity index is 8.00. The first-order chi connectivity index (χ1) is 0. The van der Waals surface area contributed by atoms with E-state index in [-0.39, 0.29) is 76.3 Å². The summed E-state index contributed by atoms with van der Waals surface area (Å²) in [4.78, 5) is 0. The van der Waals surface area contributed by atoms with Gasteiger partial charge < -0.3 is 0 Å². The van der Waals surface area contributed by atoms with Gasteiger partial charge in [0.2, 0.25) is 0 Å². The fraction of sp³-hybridized carbons (Fsp3) is 0. The first-order valence-corrected chi connectivity index (χ1v) is 0. The van der Waals surface area contributed by atoms with Crippen LogP contribution in [0.2, 0.25) is 0 Å². The van der Waals surface area contributed by atoms with Gasteiger partial charge in [-0.3, -0.25) is 0 Å². The van der Waals surface area contributed by atoms with E-state index in [1.54, 1.807) is 0 Å². The van der Waals surface area contributed by atoms with E-state index in [0.29, 0.717) is 0 Å². The molecule has 0 amide bonds.